The van der Waals surface area contributed by atoms with Crippen molar-refractivity contribution in [1.29, 1.82) is 0 Å². The van der Waals surface area contributed by atoms with Gasteiger partial charge >= 0.3 is 0 Å². The number of nitrogens with one attached hydrogen (secondary N) is 1. The third-order valence-electron chi connectivity index (χ3n) is 5.13. The molecular weight excluding hydrogens is 346 g/mol. The lowest BCUT2D eigenvalue weighted by atomic mass is 9.97. The molecule has 0 atom stereocenters. The Balaban J connectivity index is 1.81. The Kier molecular flexibility index (Phi) is 6.32. The van der Waals surface area contributed by atoms with Gasteiger partial charge in [-0.3, -0.25) is 9.59 Å². The van der Waals surface area contributed by atoms with Crippen molar-refractivity contribution in [3.8, 4) is 11.5 Å². The Morgan fingerprint density at radius 1 is 1.15 bits per heavy atom. The van der Waals surface area contributed by atoms with Crippen molar-refractivity contribution in [2.24, 2.45) is 0 Å². The highest BCUT2D eigenvalue weighted by Crippen LogP contribution is 2.32. The van der Waals surface area contributed by atoms with Gasteiger partial charge in [-0.05, 0) is 25.0 Å². The van der Waals surface area contributed by atoms with Crippen molar-refractivity contribution in [2.45, 2.75) is 57.5 Å². The summed E-state index contributed by atoms with van der Waals surface area (Å²) >= 11 is 0. The Bertz CT molecular complexity index is 854. The molecule has 7 heteroatoms. The fraction of sp³-hybridized carbons (Fsp3) is 0.550. The van der Waals surface area contributed by atoms with Crippen LogP contribution in [0.15, 0.2) is 23.1 Å². The number of ether oxygens (including phenoxy) is 2. The fourth-order valence-electron chi connectivity index (χ4n) is 3.71. The molecule has 7 nitrogen and oxygen atoms in total. The highest BCUT2D eigenvalue weighted by molar-refractivity contribution is 5.89. The van der Waals surface area contributed by atoms with E-state index in [4.69, 9.17) is 9.47 Å². The van der Waals surface area contributed by atoms with Crippen LogP contribution in [0.5, 0.6) is 11.5 Å². The van der Waals surface area contributed by atoms with E-state index in [9.17, 15) is 9.59 Å². The molecule has 2 aromatic rings. The first kappa shape index (κ1) is 19.2. The summed E-state index contributed by atoms with van der Waals surface area (Å²) in [5.41, 5.74) is -0.365. The molecule has 1 fully saturated rings. The Morgan fingerprint density at radius 2 is 1.85 bits per heavy atom. The highest BCUT2D eigenvalue weighted by atomic mass is 16.5. The molecule has 1 aliphatic carbocycles. The monoisotopic (exact) mass is 373 g/mol. The lowest BCUT2D eigenvalue weighted by Gasteiger charge is -2.21. The summed E-state index contributed by atoms with van der Waals surface area (Å²) in [7, 11) is 3.01. The standard InChI is InChI=1S/C20H27N3O4/c1-26-16-11-10-14-12-21-23(20(25)18(14)19(16)27-2)13-17(24)22-15-8-6-4-3-5-7-9-15/h10-12,15H,3-9,13H2,1-2H3,(H,22,24). The van der Waals surface area contributed by atoms with Gasteiger partial charge < -0.3 is 14.8 Å². The van der Waals surface area contributed by atoms with Gasteiger partial charge in [-0.25, -0.2) is 4.68 Å². The highest BCUT2D eigenvalue weighted by Gasteiger charge is 2.18. The molecule has 0 bridgehead atoms. The van der Waals surface area contributed by atoms with Gasteiger partial charge in [-0.15, -0.1) is 0 Å². The summed E-state index contributed by atoms with van der Waals surface area (Å²) in [6, 6.07) is 3.67. The number of nitrogens with zero attached hydrogens (tertiary/aromatic N) is 2. The first-order valence-electron chi connectivity index (χ1n) is 9.54. The second-order valence-electron chi connectivity index (χ2n) is 6.98. The fourth-order valence-corrected chi connectivity index (χ4v) is 3.71. The van der Waals surface area contributed by atoms with Gasteiger partial charge in [0.25, 0.3) is 5.56 Å². The zero-order chi connectivity index (χ0) is 19.2. The summed E-state index contributed by atoms with van der Waals surface area (Å²) in [6.45, 7) is -0.106. The molecule has 0 spiro atoms. The van der Waals surface area contributed by atoms with Crippen molar-refractivity contribution in [1.82, 2.24) is 15.1 Å². The number of aromatic nitrogens is 2. The molecule has 146 valence electrons. The van der Waals surface area contributed by atoms with E-state index in [2.05, 4.69) is 10.4 Å². The molecular formula is C20H27N3O4. The van der Waals surface area contributed by atoms with Gasteiger partial charge in [0, 0.05) is 11.4 Å². The lowest BCUT2D eigenvalue weighted by Crippen LogP contribution is -2.39. The number of fused-ring (bicyclic) bond motifs is 1. The van der Waals surface area contributed by atoms with Gasteiger partial charge in [0.1, 0.15) is 6.54 Å². The van der Waals surface area contributed by atoms with Crippen molar-refractivity contribution in [2.75, 3.05) is 14.2 Å². The molecule has 1 amide bonds. The minimum Gasteiger partial charge on any atom is -0.493 e. The van der Waals surface area contributed by atoms with E-state index in [1.165, 1.54) is 38.2 Å². The zero-order valence-electron chi connectivity index (χ0n) is 16.0. The zero-order valence-corrected chi connectivity index (χ0v) is 16.0. The first-order valence-corrected chi connectivity index (χ1v) is 9.54. The van der Waals surface area contributed by atoms with Crippen LogP contribution in [0.2, 0.25) is 0 Å². The molecule has 1 heterocycles. The summed E-state index contributed by atoms with van der Waals surface area (Å²) in [5, 5.41) is 8.23. The number of hydrogen-bond acceptors (Lipinski definition) is 5. The van der Waals surface area contributed by atoms with E-state index >= 15 is 0 Å². The third-order valence-corrected chi connectivity index (χ3v) is 5.13. The minimum atomic E-state index is -0.365. The van der Waals surface area contributed by atoms with Crippen molar-refractivity contribution in [3.05, 3.63) is 28.7 Å². The summed E-state index contributed by atoms with van der Waals surface area (Å²) in [6.07, 6.45) is 9.56. The topological polar surface area (TPSA) is 82.5 Å². The van der Waals surface area contributed by atoms with E-state index in [0.717, 1.165) is 25.7 Å². The van der Waals surface area contributed by atoms with Crippen LogP contribution in [0, 0.1) is 0 Å². The SMILES string of the molecule is COc1ccc2cnn(CC(=O)NC3CCCCCCC3)c(=O)c2c1OC. The van der Waals surface area contributed by atoms with Gasteiger partial charge in [0.2, 0.25) is 5.91 Å². The van der Waals surface area contributed by atoms with Crippen LogP contribution >= 0.6 is 0 Å². The van der Waals surface area contributed by atoms with Gasteiger partial charge in [0.15, 0.2) is 11.5 Å². The summed E-state index contributed by atoms with van der Waals surface area (Å²) in [5.74, 6) is 0.645. The maximum absolute atomic E-state index is 12.9. The summed E-state index contributed by atoms with van der Waals surface area (Å²) in [4.78, 5) is 25.4. The quantitative estimate of drug-likeness (QED) is 0.871. The lowest BCUT2D eigenvalue weighted by molar-refractivity contribution is -0.122. The Morgan fingerprint density at radius 3 is 2.52 bits per heavy atom. The molecule has 1 saturated carbocycles. The van der Waals surface area contributed by atoms with Crippen molar-refractivity contribution < 1.29 is 14.3 Å². The van der Waals surface area contributed by atoms with Gasteiger partial charge in [-0.2, -0.15) is 5.10 Å². The number of benzene rings is 1. The number of carbonyl (C=O) groups is 1. The molecule has 27 heavy (non-hydrogen) atoms. The second kappa shape index (κ2) is 8.88. The summed E-state index contributed by atoms with van der Waals surface area (Å²) < 4.78 is 11.8. The maximum atomic E-state index is 12.9. The number of carbonyl (C=O) groups excluding carboxylic acids is 1. The largest absolute Gasteiger partial charge is 0.493 e. The molecule has 1 aromatic heterocycles. The normalized spacial score (nSPS) is 15.8. The van der Waals surface area contributed by atoms with Crippen LogP contribution in [-0.2, 0) is 11.3 Å². The minimum absolute atomic E-state index is 0.106. The number of methoxy groups -OCH3 is 2. The van der Waals surface area contributed by atoms with E-state index in [1.807, 2.05) is 0 Å². The van der Waals surface area contributed by atoms with Crippen LogP contribution in [-0.4, -0.2) is 35.9 Å². The predicted molar refractivity (Wildman–Crippen MR) is 103 cm³/mol. The molecule has 3 rings (SSSR count). The molecule has 0 radical (unpaired) electrons. The smallest absolute Gasteiger partial charge is 0.279 e. The van der Waals surface area contributed by atoms with Crippen molar-refractivity contribution >= 4 is 16.7 Å². The molecule has 1 aliphatic rings. The molecule has 0 unspecified atom stereocenters. The maximum Gasteiger partial charge on any atom is 0.279 e. The van der Waals surface area contributed by atoms with Crippen LogP contribution in [0.4, 0.5) is 0 Å². The second-order valence-corrected chi connectivity index (χ2v) is 6.98. The van der Waals surface area contributed by atoms with Crippen LogP contribution < -0.4 is 20.3 Å². The van der Waals surface area contributed by atoms with E-state index in [1.54, 1.807) is 18.3 Å². The van der Waals surface area contributed by atoms with E-state index in [-0.39, 0.29) is 24.1 Å². The molecule has 1 aromatic carbocycles. The van der Waals surface area contributed by atoms with Crippen molar-refractivity contribution in [3.63, 3.8) is 0 Å². The molecule has 0 aliphatic heterocycles. The van der Waals surface area contributed by atoms with Gasteiger partial charge in [0.05, 0.1) is 25.8 Å². The van der Waals surface area contributed by atoms with Crippen LogP contribution in [0.3, 0.4) is 0 Å². The van der Waals surface area contributed by atoms with Gasteiger partial charge in [-0.1, -0.05) is 32.1 Å². The average molecular weight is 373 g/mol. The Hall–Kier alpha value is -2.57. The predicted octanol–water partition coefficient (Wildman–Crippen LogP) is 2.64. The third kappa shape index (κ3) is 4.40. The van der Waals surface area contributed by atoms with E-state index < -0.39 is 0 Å². The number of hydrogen-bond donors (Lipinski definition) is 1. The Labute approximate surface area is 158 Å². The van der Waals surface area contributed by atoms with Crippen LogP contribution in [0.1, 0.15) is 44.9 Å². The number of rotatable bonds is 5. The first-order chi connectivity index (χ1) is 13.1. The average Bonchev–Trinajstić information content (AvgIpc) is 2.65. The van der Waals surface area contributed by atoms with Crippen LogP contribution in [0.25, 0.3) is 10.8 Å². The molecule has 1 N–H and O–H groups in total. The number of amides is 1. The van der Waals surface area contributed by atoms with E-state index in [0.29, 0.717) is 22.3 Å². The molecule has 0 saturated heterocycles.